The van der Waals surface area contributed by atoms with E-state index in [-0.39, 0.29) is 23.6 Å². The predicted molar refractivity (Wildman–Crippen MR) is 104 cm³/mol. The fourth-order valence-corrected chi connectivity index (χ4v) is 4.84. The molecule has 0 saturated heterocycles. The predicted octanol–water partition coefficient (Wildman–Crippen LogP) is 4.67. The molecule has 30 heavy (non-hydrogen) atoms. The van der Waals surface area contributed by atoms with E-state index in [1.54, 1.807) is 0 Å². The Hall–Kier alpha value is -2.75. The number of hydrogen-bond acceptors (Lipinski definition) is 4. The second-order valence-electron chi connectivity index (χ2n) is 7.05. The summed E-state index contributed by atoms with van der Waals surface area (Å²) in [5, 5.41) is 8.34. The number of benzene rings is 2. The number of nitrogens with one attached hydrogen (secondary N) is 1. The third-order valence-electron chi connectivity index (χ3n) is 4.90. The van der Waals surface area contributed by atoms with Crippen LogP contribution in [-0.2, 0) is 22.8 Å². The van der Waals surface area contributed by atoms with Crippen LogP contribution < -0.4 is 9.46 Å². The van der Waals surface area contributed by atoms with Crippen molar-refractivity contribution in [2.45, 2.75) is 43.7 Å². The van der Waals surface area contributed by atoms with E-state index in [9.17, 15) is 26.4 Å². The lowest BCUT2D eigenvalue weighted by Gasteiger charge is -2.18. The van der Waals surface area contributed by atoms with E-state index < -0.39 is 33.0 Å². The highest BCUT2D eigenvalue weighted by molar-refractivity contribution is 7.93. The van der Waals surface area contributed by atoms with Crippen LogP contribution in [0, 0.1) is 0 Å². The van der Waals surface area contributed by atoms with Gasteiger partial charge in [0.2, 0.25) is 10.0 Å². The first-order chi connectivity index (χ1) is 14.1. The average Bonchev–Trinajstić information content (AvgIpc) is 3.22. The van der Waals surface area contributed by atoms with Crippen LogP contribution in [0.2, 0.25) is 0 Å². The van der Waals surface area contributed by atoms with Crippen molar-refractivity contribution < 1.29 is 36.2 Å². The standard InChI is InChI=1S/C20H20F3NO5S/c21-20(22,23)15-9-10-17(24-30(27,28)16-3-1-2-4-16)18(11-15)29-12-13-5-7-14(8-6-13)19(25)26/h5-11,16,24H,1-4,12H2,(H,25,26). The smallest absolute Gasteiger partial charge is 0.416 e. The number of ether oxygens (including phenoxy) is 1. The van der Waals surface area contributed by atoms with Gasteiger partial charge < -0.3 is 9.84 Å². The van der Waals surface area contributed by atoms with Crippen molar-refractivity contribution >= 4 is 21.7 Å². The highest BCUT2D eigenvalue weighted by atomic mass is 32.2. The maximum atomic E-state index is 13.1. The molecule has 0 atom stereocenters. The van der Waals surface area contributed by atoms with E-state index in [2.05, 4.69) is 4.72 Å². The molecule has 0 unspecified atom stereocenters. The molecule has 1 aliphatic rings. The lowest BCUT2D eigenvalue weighted by molar-refractivity contribution is -0.137. The molecule has 0 aliphatic heterocycles. The van der Waals surface area contributed by atoms with Crippen molar-refractivity contribution in [3.63, 3.8) is 0 Å². The van der Waals surface area contributed by atoms with Crippen molar-refractivity contribution in [3.05, 3.63) is 59.2 Å². The van der Waals surface area contributed by atoms with Crippen LogP contribution >= 0.6 is 0 Å². The normalized spacial score (nSPS) is 15.2. The van der Waals surface area contributed by atoms with Crippen LogP contribution in [-0.4, -0.2) is 24.7 Å². The molecular weight excluding hydrogens is 423 g/mol. The SMILES string of the molecule is O=C(O)c1ccc(COc2cc(C(F)(F)F)ccc2NS(=O)(=O)C2CCCC2)cc1. The van der Waals surface area contributed by atoms with Gasteiger partial charge in [0.15, 0.2) is 0 Å². The molecule has 2 aromatic rings. The van der Waals surface area contributed by atoms with Gasteiger partial charge in [-0.3, -0.25) is 4.72 Å². The molecule has 0 bridgehead atoms. The van der Waals surface area contributed by atoms with Crippen LogP contribution in [0.25, 0.3) is 0 Å². The van der Waals surface area contributed by atoms with Gasteiger partial charge in [0.25, 0.3) is 0 Å². The Morgan fingerprint density at radius 1 is 1.10 bits per heavy atom. The Balaban J connectivity index is 1.84. The van der Waals surface area contributed by atoms with Gasteiger partial charge in [-0.1, -0.05) is 25.0 Å². The fourth-order valence-electron chi connectivity index (χ4n) is 3.24. The first-order valence-corrected chi connectivity index (χ1v) is 10.8. The van der Waals surface area contributed by atoms with Gasteiger partial charge in [-0.05, 0) is 48.7 Å². The Morgan fingerprint density at radius 3 is 2.30 bits per heavy atom. The molecule has 162 valence electrons. The summed E-state index contributed by atoms with van der Waals surface area (Å²) < 4.78 is 72.3. The van der Waals surface area contributed by atoms with Crippen LogP contribution in [0.5, 0.6) is 5.75 Å². The molecule has 3 rings (SSSR count). The highest BCUT2D eigenvalue weighted by Crippen LogP contribution is 2.37. The van der Waals surface area contributed by atoms with Crippen LogP contribution in [0.3, 0.4) is 0 Å². The lowest BCUT2D eigenvalue weighted by Crippen LogP contribution is -2.25. The van der Waals surface area contributed by atoms with Crippen LogP contribution in [0.4, 0.5) is 18.9 Å². The molecule has 1 aliphatic carbocycles. The maximum absolute atomic E-state index is 13.1. The van der Waals surface area contributed by atoms with Crippen LogP contribution in [0.15, 0.2) is 42.5 Å². The number of carboxylic acid groups (broad SMARTS) is 1. The zero-order valence-electron chi connectivity index (χ0n) is 15.8. The summed E-state index contributed by atoms with van der Waals surface area (Å²) in [5.41, 5.74) is -0.468. The van der Waals surface area contributed by atoms with Gasteiger partial charge in [-0.15, -0.1) is 0 Å². The third kappa shape index (κ3) is 5.24. The maximum Gasteiger partial charge on any atom is 0.416 e. The van der Waals surface area contributed by atoms with Crippen molar-refractivity contribution in [3.8, 4) is 5.75 Å². The average molecular weight is 443 g/mol. The number of rotatable bonds is 7. The fraction of sp³-hybridized carbons (Fsp3) is 0.350. The molecular formula is C20H20F3NO5S. The van der Waals surface area contributed by atoms with E-state index in [1.807, 2.05) is 0 Å². The molecule has 0 radical (unpaired) electrons. The van der Waals surface area contributed by atoms with Gasteiger partial charge >= 0.3 is 12.1 Å². The molecule has 10 heteroatoms. The van der Waals surface area contributed by atoms with Gasteiger partial charge in [0.1, 0.15) is 12.4 Å². The topological polar surface area (TPSA) is 92.7 Å². The Labute approximate surface area is 171 Å². The van der Waals surface area contributed by atoms with Crippen molar-refractivity contribution in [2.24, 2.45) is 0 Å². The van der Waals surface area contributed by atoms with E-state index in [0.29, 0.717) is 18.4 Å². The molecule has 0 heterocycles. The number of hydrogen-bond donors (Lipinski definition) is 2. The third-order valence-corrected chi connectivity index (χ3v) is 6.75. The first-order valence-electron chi connectivity index (χ1n) is 9.24. The quantitative estimate of drug-likeness (QED) is 0.649. The van der Waals surface area contributed by atoms with E-state index in [1.165, 1.54) is 24.3 Å². The molecule has 2 N–H and O–H groups in total. The summed E-state index contributed by atoms with van der Waals surface area (Å²) in [6.07, 6.45) is -2.04. The number of carboxylic acids is 1. The summed E-state index contributed by atoms with van der Waals surface area (Å²) in [5.74, 6) is -1.36. The summed E-state index contributed by atoms with van der Waals surface area (Å²) in [4.78, 5) is 10.9. The summed E-state index contributed by atoms with van der Waals surface area (Å²) in [6, 6.07) is 8.21. The number of sulfonamides is 1. The highest BCUT2D eigenvalue weighted by Gasteiger charge is 2.33. The van der Waals surface area contributed by atoms with Crippen LogP contribution in [0.1, 0.15) is 47.2 Å². The Kier molecular flexibility index (Phi) is 6.25. The molecule has 2 aromatic carbocycles. The van der Waals surface area contributed by atoms with Crippen molar-refractivity contribution in [1.29, 1.82) is 0 Å². The molecule has 6 nitrogen and oxygen atoms in total. The number of aromatic carboxylic acids is 1. The summed E-state index contributed by atoms with van der Waals surface area (Å²) >= 11 is 0. The number of carbonyl (C=O) groups is 1. The van der Waals surface area contributed by atoms with Gasteiger partial charge in [-0.2, -0.15) is 13.2 Å². The summed E-state index contributed by atoms with van der Waals surface area (Å²) in [6.45, 7) is -0.167. The monoisotopic (exact) mass is 443 g/mol. The van der Waals surface area contributed by atoms with E-state index >= 15 is 0 Å². The summed E-state index contributed by atoms with van der Waals surface area (Å²) in [7, 11) is -3.76. The number of anilines is 1. The number of alkyl halides is 3. The molecule has 1 saturated carbocycles. The largest absolute Gasteiger partial charge is 0.487 e. The minimum Gasteiger partial charge on any atom is -0.487 e. The van der Waals surface area contributed by atoms with E-state index in [4.69, 9.17) is 9.84 Å². The Morgan fingerprint density at radius 2 is 1.73 bits per heavy atom. The first kappa shape index (κ1) is 21.9. The zero-order chi connectivity index (χ0) is 21.9. The van der Waals surface area contributed by atoms with Gasteiger partial charge in [-0.25, -0.2) is 13.2 Å². The van der Waals surface area contributed by atoms with Gasteiger partial charge in [0.05, 0.1) is 22.1 Å². The van der Waals surface area contributed by atoms with E-state index in [0.717, 1.165) is 31.0 Å². The molecule has 1 fully saturated rings. The Bertz CT molecular complexity index is 1010. The minimum absolute atomic E-state index is 0.0582. The lowest BCUT2D eigenvalue weighted by atomic mass is 10.1. The molecule has 0 amide bonds. The molecule has 0 spiro atoms. The number of halogens is 3. The second kappa shape index (κ2) is 8.55. The van der Waals surface area contributed by atoms with Crippen molar-refractivity contribution in [1.82, 2.24) is 0 Å². The minimum atomic E-state index is -4.62. The van der Waals surface area contributed by atoms with Gasteiger partial charge in [0, 0.05) is 0 Å². The second-order valence-corrected chi connectivity index (χ2v) is 9.01. The van der Waals surface area contributed by atoms with Crippen molar-refractivity contribution in [2.75, 3.05) is 4.72 Å². The zero-order valence-corrected chi connectivity index (χ0v) is 16.6. The molecule has 0 aromatic heterocycles.